The van der Waals surface area contributed by atoms with E-state index in [0.717, 1.165) is 53.4 Å². The van der Waals surface area contributed by atoms with Crippen molar-refractivity contribution < 1.29 is 14.7 Å². The molecule has 1 aromatic heterocycles. The Hall–Kier alpha value is -2.53. The van der Waals surface area contributed by atoms with Crippen molar-refractivity contribution in [3.63, 3.8) is 0 Å². The minimum Gasteiger partial charge on any atom is -0.388 e. The van der Waals surface area contributed by atoms with E-state index in [0.29, 0.717) is 24.3 Å². The summed E-state index contributed by atoms with van der Waals surface area (Å²) in [6, 6.07) is 7.62. The van der Waals surface area contributed by atoms with Crippen LogP contribution in [0.4, 0.5) is 0 Å². The van der Waals surface area contributed by atoms with Crippen molar-refractivity contribution in [2.24, 2.45) is 5.92 Å². The number of aliphatic hydroxyl groups is 1. The molecule has 5 heteroatoms. The normalized spacial score (nSPS) is 24.6. The Labute approximate surface area is 171 Å². The molecule has 0 saturated heterocycles. The third kappa shape index (κ3) is 4.10. The summed E-state index contributed by atoms with van der Waals surface area (Å²) in [6.45, 7) is 4.34. The van der Waals surface area contributed by atoms with Crippen molar-refractivity contribution in [3.8, 4) is 0 Å². The van der Waals surface area contributed by atoms with Crippen LogP contribution in [0.15, 0.2) is 30.3 Å². The molecule has 1 saturated carbocycles. The number of hydrogen-bond donors (Lipinski definition) is 2. The van der Waals surface area contributed by atoms with Gasteiger partial charge in [0.05, 0.1) is 22.4 Å². The molecule has 1 aromatic carbocycles. The monoisotopic (exact) mass is 392 g/mol. The SMILES string of the molecule is Cc1ccc2nc(C3=CC(=O)CC3)ccc2c1C(=O)NCC1(O)CCCC(C)C1. The first-order valence-corrected chi connectivity index (χ1v) is 10.5. The summed E-state index contributed by atoms with van der Waals surface area (Å²) in [7, 11) is 0. The Morgan fingerprint density at radius 3 is 2.83 bits per heavy atom. The van der Waals surface area contributed by atoms with Gasteiger partial charge in [0.2, 0.25) is 0 Å². The standard InChI is InChI=1S/C24H28N2O3/c1-15-4-3-11-24(29,13-15)14-25-23(28)22-16(2)5-9-21-19(22)8-10-20(26-21)17-6-7-18(27)12-17/h5,8-10,12,15,29H,3-4,6-7,11,13-14H2,1-2H3,(H,25,28). The van der Waals surface area contributed by atoms with E-state index in [1.165, 1.54) is 0 Å². The number of fused-ring (bicyclic) bond motifs is 1. The zero-order chi connectivity index (χ0) is 20.6. The number of rotatable bonds is 4. The van der Waals surface area contributed by atoms with Crippen LogP contribution in [0.2, 0.25) is 0 Å². The lowest BCUT2D eigenvalue weighted by atomic mass is 9.79. The first-order valence-electron chi connectivity index (χ1n) is 10.5. The Balaban J connectivity index is 1.59. The van der Waals surface area contributed by atoms with Crippen molar-refractivity contribution in [1.82, 2.24) is 10.3 Å². The summed E-state index contributed by atoms with van der Waals surface area (Å²) in [6.07, 6.45) is 6.50. The van der Waals surface area contributed by atoms with Crippen molar-refractivity contribution in [2.45, 2.75) is 58.0 Å². The number of carbonyl (C=O) groups excluding carboxylic acids is 2. The number of nitrogens with one attached hydrogen (secondary N) is 1. The molecule has 2 aliphatic carbocycles. The summed E-state index contributed by atoms with van der Waals surface area (Å²) < 4.78 is 0. The van der Waals surface area contributed by atoms with E-state index in [-0.39, 0.29) is 18.2 Å². The van der Waals surface area contributed by atoms with Crippen LogP contribution >= 0.6 is 0 Å². The van der Waals surface area contributed by atoms with E-state index in [1.54, 1.807) is 6.08 Å². The van der Waals surface area contributed by atoms with Gasteiger partial charge in [-0.05, 0) is 67.5 Å². The molecular formula is C24H28N2O3. The number of pyridine rings is 1. The van der Waals surface area contributed by atoms with Crippen LogP contribution in [-0.4, -0.2) is 33.9 Å². The van der Waals surface area contributed by atoms with E-state index in [2.05, 4.69) is 12.2 Å². The second kappa shape index (κ2) is 7.71. The molecule has 152 valence electrons. The lowest BCUT2D eigenvalue weighted by Crippen LogP contribution is -2.45. The molecule has 0 aliphatic heterocycles. The van der Waals surface area contributed by atoms with Gasteiger partial charge in [0, 0.05) is 18.4 Å². The molecule has 5 nitrogen and oxygen atoms in total. The van der Waals surface area contributed by atoms with Gasteiger partial charge in [-0.1, -0.05) is 25.8 Å². The van der Waals surface area contributed by atoms with E-state index in [4.69, 9.17) is 4.98 Å². The molecule has 2 N–H and O–H groups in total. The third-order valence-electron chi connectivity index (χ3n) is 6.26. The van der Waals surface area contributed by atoms with E-state index >= 15 is 0 Å². The second-order valence-electron chi connectivity index (χ2n) is 8.77. The molecule has 2 atom stereocenters. The third-order valence-corrected chi connectivity index (χ3v) is 6.26. The summed E-state index contributed by atoms with van der Waals surface area (Å²) >= 11 is 0. The average molecular weight is 392 g/mol. The Morgan fingerprint density at radius 2 is 2.10 bits per heavy atom. The zero-order valence-electron chi connectivity index (χ0n) is 17.1. The van der Waals surface area contributed by atoms with Gasteiger partial charge in [-0.15, -0.1) is 0 Å². The van der Waals surface area contributed by atoms with E-state index in [1.807, 2.05) is 31.2 Å². The molecule has 2 aromatic rings. The van der Waals surface area contributed by atoms with Gasteiger partial charge in [0.15, 0.2) is 5.78 Å². The van der Waals surface area contributed by atoms with Gasteiger partial charge in [-0.25, -0.2) is 4.98 Å². The van der Waals surface area contributed by atoms with Gasteiger partial charge >= 0.3 is 0 Å². The van der Waals surface area contributed by atoms with Crippen LogP contribution in [0.25, 0.3) is 16.5 Å². The number of amides is 1. The maximum atomic E-state index is 13.0. The molecule has 1 amide bonds. The quantitative estimate of drug-likeness (QED) is 0.825. The molecule has 2 unspecified atom stereocenters. The summed E-state index contributed by atoms with van der Waals surface area (Å²) in [5.41, 5.74) is 3.15. The summed E-state index contributed by atoms with van der Waals surface area (Å²) in [5, 5.41) is 14.6. The Kier molecular flexibility index (Phi) is 5.26. The Bertz CT molecular complexity index is 1010. The van der Waals surface area contributed by atoms with Crippen molar-refractivity contribution in [2.75, 3.05) is 6.54 Å². The maximum absolute atomic E-state index is 13.0. The minimum absolute atomic E-state index is 0.140. The maximum Gasteiger partial charge on any atom is 0.252 e. The summed E-state index contributed by atoms with van der Waals surface area (Å²) in [5.74, 6) is 0.440. The van der Waals surface area contributed by atoms with Crippen LogP contribution in [0.5, 0.6) is 0 Å². The van der Waals surface area contributed by atoms with Crippen LogP contribution in [-0.2, 0) is 4.79 Å². The molecule has 0 bridgehead atoms. The van der Waals surface area contributed by atoms with Gasteiger partial charge in [-0.2, -0.15) is 0 Å². The van der Waals surface area contributed by atoms with Gasteiger partial charge in [0.1, 0.15) is 0 Å². The van der Waals surface area contributed by atoms with E-state index < -0.39 is 5.60 Å². The highest BCUT2D eigenvalue weighted by Crippen LogP contribution is 2.32. The lowest BCUT2D eigenvalue weighted by Gasteiger charge is -2.35. The topological polar surface area (TPSA) is 79.3 Å². The highest BCUT2D eigenvalue weighted by molar-refractivity contribution is 6.08. The Morgan fingerprint density at radius 1 is 1.28 bits per heavy atom. The lowest BCUT2D eigenvalue weighted by molar-refractivity contribution is -0.114. The number of carbonyl (C=O) groups is 2. The number of aromatic nitrogens is 1. The van der Waals surface area contributed by atoms with Crippen LogP contribution in [0.3, 0.4) is 0 Å². The second-order valence-corrected chi connectivity index (χ2v) is 8.77. The fraction of sp³-hybridized carbons (Fsp3) is 0.458. The molecule has 0 spiro atoms. The van der Waals surface area contributed by atoms with Crippen molar-refractivity contribution in [1.29, 1.82) is 0 Å². The number of ketones is 1. The summed E-state index contributed by atoms with van der Waals surface area (Å²) in [4.78, 5) is 29.3. The largest absolute Gasteiger partial charge is 0.388 e. The molecule has 29 heavy (non-hydrogen) atoms. The highest BCUT2D eigenvalue weighted by Gasteiger charge is 2.33. The number of nitrogens with zero attached hydrogens (tertiary/aromatic N) is 1. The molecular weight excluding hydrogens is 364 g/mol. The fourth-order valence-corrected chi connectivity index (χ4v) is 4.72. The predicted octanol–water partition coefficient (Wildman–Crippen LogP) is 3.96. The molecule has 1 heterocycles. The number of allylic oxidation sites excluding steroid dienone is 2. The molecule has 1 fully saturated rings. The first kappa shape index (κ1) is 19.8. The number of aryl methyl sites for hydroxylation is 1. The van der Waals surface area contributed by atoms with Crippen LogP contribution in [0, 0.1) is 12.8 Å². The van der Waals surface area contributed by atoms with Crippen LogP contribution < -0.4 is 5.32 Å². The van der Waals surface area contributed by atoms with Crippen LogP contribution in [0.1, 0.15) is 67.1 Å². The minimum atomic E-state index is -0.821. The number of hydrogen-bond acceptors (Lipinski definition) is 4. The van der Waals surface area contributed by atoms with Gasteiger partial charge in [0.25, 0.3) is 5.91 Å². The smallest absolute Gasteiger partial charge is 0.252 e. The molecule has 4 rings (SSSR count). The van der Waals surface area contributed by atoms with Crippen molar-refractivity contribution in [3.05, 3.63) is 47.2 Å². The van der Waals surface area contributed by atoms with Crippen molar-refractivity contribution >= 4 is 28.2 Å². The molecule has 0 radical (unpaired) electrons. The molecule has 2 aliphatic rings. The van der Waals surface area contributed by atoms with Gasteiger partial charge < -0.3 is 10.4 Å². The van der Waals surface area contributed by atoms with Gasteiger partial charge in [-0.3, -0.25) is 9.59 Å². The average Bonchev–Trinajstić information content (AvgIpc) is 3.12. The van der Waals surface area contributed by atoms with E-state index in [9.17, 15) is 14.7 Å². The first-order chi connectivity index (χ1) is 13.8. The predicted molar refractivity (Wildman–Crippen MR) is 114 cm³/mol. The highest BCUT2D eigenvalue weighted by atomic mass is 16.3. The zero-order valence-corrected chi connectivity index (χ0v) is 17.1. The number of benzene rings is 1. The fourth-order valence-electron chi connectivity index (χ4n) is 4.72.